The smallest absolute Gasteiger partial charge is 0.230 e. The highest BCUT2D eigenvalue weighted by molar-refractivity contribution is 8.01. The summed E-state index contributed by atoms with van der Waals surface area (Å²) in [5, 5.41) is 2.77. The zero-order valence-electron chi connectivity index (χ0n) is 12.7. The summed E-state index contributed by atoms with van der Waals surface area (Å²) in [4.78, 5) is 16.3. The van der Waals surface area contributed by atoms with Crippen LogP contribution < -0.4 is 10.1 Å². The highest BCUT2D eigenvalue weighted by Gasteiger charge is 2.07. The van der Waals surface area contributed by atoms with Crippen LogP contribution in [0.25, 0.3) is 10.2 Å². The predicted octanol–water partition coefficient (Wildman–Crippen LogP) is 3.72. The van der Waals surface area contributed by atoms with Crippen LogP contribution in [-0.2, 0) is 4.79 Å². The van der Waals surface area contributed by atoms with Crippen molar-refractivity contribution in [2.24, 2.45) is 0 Å². The lowest BCUT2D eigenvalue weighted by atomic mass is 10.3. The minimum absolute atomic E-state index is 0.0814. The van der Waals surface area contributed by atoms with E-state index in [1.807, 2.05) is 24.3 Å². The third-order valence-corrected chi connectivity index (χ3v) is 5.27. The number of rotatable bonds is 7. The summed E-state index contributed by atoms with van der Waals surface area (Å²) in [5.74, 6) is 0.332. The van der Waals surface area contributed by atoms with Crippen LogP contribution in [0.4, 0.5) is 4.39 Å². The van der Waals surface area contributed by atoms with Gasteiger partial charge in [-0.15, -0.1) is 11.3 Å². The van der Waals surface area contributed by atoms with Gasteiger partial charge in [0.2, 0.25) is 5.91 Å². The number of para-hydroxylation sites is 1. The first-order valence-electron chi connectivity index (χ1n) is 7.34. The minimum Gasteiger partial charge on any atom is -0.492 e. The van der Waals surface area contributed by atoms with Gasteiger partial charge in [-0.05, 0) is 24.3 Å². The minimum atomic E-state index is -0.344. The van der Waals surface area contributed by atoms with Crippen molar-refractivity contribution in [3.63, 3.8) is 0 Å². The van der Waals surface area contributed by atoms with Gasteiger partial charge in [0.05, 0.1) is 22.5 Å². The molecule has 124 valence electrons. The fourth-order valence-electron chi connectivity index (χ4n) is 2.01. The first-order chi connectivity index (χ1) is 11.7. The Kier molecular flexibility index (Phi) is 5.66. The molecule has 3 rings (SSSR count). The summed E-state index contributed by atoms with van der Waals surface area (Å²) in [7, 11) is 0. The van der Waals surface area contributed by atoms with Crippen molar-refractivity contribution in [3.05, 3.63) is 54.3 Å². The van der Waals surface area contributed by atoms with E-state index in [4.69, 9.17) is 4.74 Å². The summed E-state index contributed by atoms with van der Waals surface area (Å²) in [5.41, 5.74) is 0.953. The summed E-state index contributed by atoms with van der Waals surface area (Å²) < 4.78 is 20.3. The van der Waals surface area contributed by atoms with Gasteiger partial charge in [-0.25, -0.2) is 9.37 Å². The maximum atomic E-state index is 13.0. The first-order valence-corrected chi connectivity index (χ1v) is 9.14. The molecule has 0 saturated heterocycles. The summed E-state index contributed by atoms with van der Waals surface area (Å²) in [6.07, 6.45) is 0. The maximum absolute atomic E-state index is 13.0. The molecule has 0 atom stereocenters. The molecule has 1 heterocycles. The standard InChI is InChI=1S/C17H15FN2O2S2/c18-12-4-3-5-13(10-12)22-9-8-19-16(21)11-23-17-20-14-6-1-2-7-15(14)24-17/h1-7,10H,8-9,11H2,(H,19,21). The van der Waals surface area contributed by atoms with E-state index in [-0.39, 0.29) is 11.7 Å². The van der Waals surface area contributed by atoms with Crippen molar-refractivity contribution in [1.82, 2.24) is 10.3 Å². The number of nitrogens with one attached hydrogen (secondary N) is 1. The topological polar surface area (TPSA) is 51.2 Å². The first kappa shape index (κ1) is 16.7. The Balaban J connectivity index is 1.38. The number of aromatic nitrogens is 1. The van der Waals surface area contributed by atoms with Gasteiger partial charge in [0.1, 0.15) is 18.2 Å². The molecule has 3 aromatic rings. The Morgan fingerprint density at radius 3 is 2.96 bits per heavy atom. The van der Waals surface area contributed by atoms with Gasteiger partial charge in [0.25, 0.3) is 0 Å². The van der Waals surface area contributed by atoms with E-state index in [9.17, 15) is 9.18 Å². The van der Waals surface area contributed by atoms with Crippen LogP contribution >= 0.6 is 23.1 Å². The van der Waals surface area contributed by atoms with Crippen molar-refractivity contribution in [2.75, 3.05) is 18.9 Å². The molecule has 1 amide bonds. The molecule has 0 saturated carbocycles. The molecule has 2 aromatic carbocycles. The van der Waals surface area contributed by atoms with Gasteiger partial charge >= 0.3 is 0 Å². The monoisotopic (exact) mass is 362 g/mol. The lowest BCUT2D eigenvalue weighted by Crippen LogP contribution is -2.29. The normalized spacial score (nSPS) is 10.7. The molecule has 0 aliphatic rings. The van der Waals surface area contributed by atoms with E-state index in [1.54, 1.807) is 23.5 Å². The second-order valence-corrected chi connectivity index (χ2v) is 7.15. The third kappa shape index (κ3) is 4.69. The lowest BCUT2D eigenvalue weighted by molar-refractivity contribution is -0.118. The number of amides is 1. The van der Waals surface area contributed by atoms with Crippen LogP contribution in [0.5, 0.6) is 5.75 Å². The van der Waals surface area contributed by atoms with Crippen LogP contribution in [-0.4, -0.2) is 29.8 Å². The molecule has 0 bridgehead atoms. The SMILES string of the molecule is O=C(CSc1nc2ccccc2s1)NCCOc1cccc(F)c1. The number of thiazole rings is 1. The molecule has 1 N–H and O–H groups in total. The Morgan fingerprint density at radius 1 is 1.25 bits per heavy atom. The largest absolute Gasteiger partial charge is 0.492 e. The zero-order chi connectivity index (χ0) is 16.8. The molecule has 4 nitrogen and oxygen atoms in total. The van der Waals surface area contributed by atoms with E-state index >= 15 is 0 Å². The zero-order valence-corrected chi connectivity index (χ0v) is 14.3. The fourth-order valence-corrected chi connectivity index (χ4v) is 3.91. The van der Waals surface area contributed by atoms with Crippen LogP contribution in [0.15, 0.2) is 52.9 Å². The molecule has 24 heavy (non-hydrogen) atoms. The van der Waals surface area contributed by atoms with Crippen LogP contribution in [0.3, 0.4) is 0 Å². The third-order valence-electron chi connectivity index (χ3n) is 3.09. The van der Waals surface area contributed by atoms with E-state index in [1.165, 1.54) is 23.9 Å². The molecule has 7 heteroatoms. The summed E-state index contributed by atoms with van der Waals surface area (Å²) in [6, 6.07) is 13.8. The second kappa shape index (κ2) is 8.12. The van der Waals surface area contributed by atoms with Gasteiger partial charge < -0.3 is 10.1 Å². The Morgan fingerprint density at radius 2 is 2.12 bits per heavy atom. The Bertz CT molecular complexity index is 805. The molecular formula is C17H15FN2O2S2. The molecule has 0 aliphatic carbocycles. The van der Waals surface area contributed by atoms with Crippen LogP contribution in [0.1, 0.15) is 0 Å². The molecule has 1 aromatic heterocycles. The van der Waals surface area contributed by atoms with Gasteiger partial charge in [0, 0.05) is 6.07 Å². The van der Waals surface area contributed by atoms with E-state index in [2.05, 4.69) is 10.3 Å². The number of ether oxygens (including phenoxy) is 1. The fraction of sp³-hybridized carbons (Fsp3) is 0.176. The predicted molar refractivity (Wildman–Crippen MR) is 95.2 cm³/mol. The van der Waals surface area contributed by atoms with Crippen molar-refractivity contribution in [1.29, 1.82) is 0 Å². The van der Waals surface area contributed by atoms with Gasteiger partial charge in [-0.1, -0.05) is 30.0 Å². The van der Waals surface area contributed by atoms with Gasteiger partial charge in [0.15, 0.2) is 4.34 Å². The number of carbonyl (C=O) groups excluding carboxylic acids is 1. The second-order valence-electron chi connectivity index (χ2n) is 4.89. The number of thioether (sulfide) groups is 1. The van der Waals surface area contributed by atoms with Gasteiger partial charge in [-0.3, -0.25) is 4.79 Å². The average Bonchev–Trinajstić information content (AvgIpc) is 3.00. The molecule has 0 spiro atoms. The number of halogens is 1. The van der Waals surface area contributed by atoms with Crippen molar-refractivity contribution < 1.29 is 13.9 Å². The Hall–Kier alpha value is -2.12. The van der Waals surface area contributed by atoms with E-state index in [0.29, 0.717) is 24.7 Å². The highest BCUT2D eigenvalue weighted by atomic mass is 32.2. The van der Waals surface area contributed by atoms with Crippen LogP contribution in [0, 0.1) is 5.82 Å². The number of carbonyl (C=O) groups is 1. The van der Waals surface area contributed by atoms with E-state index in [0.717, 1.165) is 14.6 Å². The molecule has 0 fully saturated rings. The van der Waals surface area contributed by atoms with Crippen LogP contribution in [0.2, 0.25) is 0 Å². The van der Waals surface area contributed by atoms with E-state index < -0.39 is 0 Å². The lowest BCUT2D eigenvalue weighted by Gasteiger charge is -2.07. The van der Waals surface area contributed by atoms with Crippen molar-refractivity contribution in [3.8, 4) is 5.75 Å². The van der Waals surface area contributed by atoms with Gasteiger partial charge in [-0.2, -0.15) is 0 Å². The van der Waals surface area contributed by atoms with Crippen molar-refractivity contribution in [2.45, 2.75) is 4.34 Å². The molecule has 0 aliphatic heterocycles. The maximum Gasteiger partial charge on any atom is 0.230 e. The number of fused-ring (bicyclic) bond motifs is 1. The highest BCUT2D eigenvalue weighted by Crippen LogP contribution is 2.28. The van der Waals surface area contributed by atoms with Crippen molar-refractivity contribution >= 4 is 39.2 Å². The molecule has 0 radical (unpaired) electrons. The molecule has 0 unspecified atom stereocenters. The molecular weight excluding hydrogens is 347 g/mol. The summed E-state index contributed by atoms with van der Waals surface area (Å²) >= 11 is 2.99. The average molecular weight is 362 g/mol. The number of hydrogen-bond donors (Lipinski definition) is 1. The number of hydrogen-bond acceptors (Lipinski definition) is 5. The quantitative estimate of drug-likeness (QED) is 0.514. The number of nitrogens with zero attached hydrogens (tertiary/aromatic N) is 1. The summed E-state index contributed by atoms with van der Waals surface area (Å²) in [6.45, 7) is 0.663. The Labute approximate surface area is 147 Å². The number of benzene rings is 2.